The number of amides is 1. The second-order valence-corrected chi connectivity index (χ2v) is 5.99. The minimum Gasteiger partial charge on any atom is -0.496 e. The molecule has 0 bridgehead atoms. The van der Waals surface area contributed by atoms with Crippen molar-refractivity contribution in [3.63, 3.8) is 0 Å². The Morgan fingerprint density at radius 2 is 1.76 bits per heavy atom. The van der Waals surface area contributed by atoms with Crippen LogP contribution in [0, 0.1) is 0 Å². The molecule has 132 valence electrons. The van der Waals surface area contributed by atoms with Crippen LogP contribution in [0.1, 0.15) is 21.5 Å². The molecule has 0 saturated heterocycles. The van der Waals surface area contributed by atoms with Crippen LogP contribution in [-0.2, 0) is 22.5 Å². The second-order valence-electron chi connectivity index (χ2n) is 5.18. The largest absolute Gasteiger partial charge is 0.496 e. The van der Waals surface area contributed by atoms with Crippen molar-refractivity contribution in [2.45, 2.75) is 13.0 Å². The average Bonchev–Trinajstić information content (AvgIpc) is 2.62. The molecule has 5 nitrogen and oxygen atoms in total. The highest BCUT2D eigenvalue weighted by Gasteiger charge is 2.14. The zero-order valence-electron chi connectivity index (χ0n) is 13.8. The quantitative estimate of drug-likeness (QED) is 0.775. The molecule has 0 fully saturated rings. The molecule has 0 atom stereocenters. The highest BCUT2D eigenvalue weighted by Crippen LogP contribution is 2.25. The summed E-state index contributed by atoms with van der Waals surface area (Å²) in [6, 6.07) is 10.1. The van der Waals surface area contributed by atoms with Gasteiger partial charge in [0.2, 0.25) is 5.91 Å². The monoisotopic (exact) mass is 381 g/mol. The molecule has 2 rings (SSSR count). The van der Waals surface area contributed by atoms with Gasteiger partial charge in [0.15, 0.2) is 0 Å². The van der Waals surface area contributed by atoms with Crippen LogP contribution in [0.2, 0.25) is 10.0 Å². The third-order valence-electron chi connectivity index (χ3n) is 3.56. The fourth-order valence-electron chi connectivity index (χ4n) is 2.26. The SMILES string of the molecule is COC(=O)c1cc(CNC(=O)Cc2c(Cl)cccc2Cl)ccc1OC. The van der Waals surface area contributed by atoms with E-state index in [9.17, 15) is 9.59 Å². The van der Waals surface area contributed by atoms with Gasteiger partial charge in [0.1, 0.15) is 11.3 Å². The molecular formula is C18H17Cl2NO4. The Kier molecular flexibility index (Phi) is 6.67. The topological polar surface area (TPSA) is 64.6 Å². The zero-order chi connectivity index (χ0) is 18.4. The first-order valence-corrected chi connectivity index (χ1v) is 8.16. The van der Waals surface area contributed by atoms with Crippen molar-refractivity contribution in [1.82, 2.24) is 5.32 Å². The van der Waals surface area contributed by atoms with E-state index in [0.717, 1.165) is 5.56 Å². The molecule has 0 radical (unpaired) electrons. The number of hydrogen-bond donors (Lipinski definition) is 1. The van der Waals surface area contributed by atoms with Gasteiger partial charge in [0.05, 0.1) is 20.6 Å². The lowest BCUT2D eigenvalue weighted by molar-refractivity contribution is -0.120. The molecule has 0 unspecified atom stereocenters. The maximum atomic E-state index is 12.1. The number of hydrogen-bond acceptors (Lipinski definition) is 4. The maximum Gasteiger partial charge on any atom is 0.341 e. The van der Waals surface area contributed by atoms with E-state index in [4.69, 9.17) is 32.7 Å². The Morgan fingerprint density at radius 3 is 2.36 bits per heavy atom. The first kappa shape index (κ1) is 19.1. The number of methoxy groups -OCH3 is 2. The highest BCUT2D eigenvalue weighted by atomic mass is 35.5. The molecule has 2 aromatic rings. The standard InChI is InChI=1S/C18H17Cl2NO4/c1-24-16-7-6-11(8-13(16)18(23)25-2)10-21-17(22)9-12-14(19)4-3-5-15(12)20/h3-8H,9-10H2,1-2H3,(H,21,22). The molecular weight excluding hydrogens is 365 g/mol. The van der Waals surface area contributed by atoms with Gasteiger partial charge in [0, 0.05) is 16.6 Å². The van der Waals surface area contributed by atoms with E-state index in [-0.39, 0.29) is 18.9 Å². The summed E-state index contributed by atoms with van der Waals surface area (Å²) in [4.78, 5) is 23.9. The number of rotatable bonds is 6. The first-order valence-electron chi connectivity index (χ1n) is 7.41. The fraction of sp³-hybridized carbons (Fsp3) is 0.222. The van der Waals surface area contributed by atoms with Gasteiger partial charge in [-0.1, -0.05) is 35.3 Å². The van der Waals surface area contributed by atoms with Crippen LogP contribution in [-0.4, -0.2) is 26.1 Å². The lowest BCUT2D eigenvalue weighted by atomic mass is 10.1. The molecule has 0 heterocycles. The minimum atomic E-state index is -0.507. The van der Waals surface area contributed by atoms with Crippen molar-refractivity contribution in [1.29, 1.82) is 0 Å². The van der Waals surface area contributed by atoms with Crippen molar-refractivity contribution < 1.29 is 19.1 Å². The Bertz CT molecular complexity index is 772. The van der Waals surface area contributed by atoms with Crippen LogP contribution in [0.25, 0.3) is 0 Å². The molecule has 0 spiro atoms. The van der Waals surface area contributed by atoms with Gasteiger partial charge < -0.3 is 14.8 Å². The van der Waals surface area contributed by atoms with Crippen molar-refractivity contribution >= 4 is 35.1 Å². The molecule has 25 heavy (non-hydrogen) atoms. The molecule has 0 aliphatic heterocycles. The van der Waals surface area contributed by atoms with Crippen LogP contribution < -0.4 is 10.1 Å². The summed E-state index contributed by atoms with van der Waals surface area (Å²) in [5, 5.41) is 3.66. The summed E-state index contributed by atoms with van der Waals surface area (Å²) in [5.41, 5.74) is 1.61. The molecule has 2 aromatic carbocycles. The Morgan fingerprint density at radius 1 is 1.08 bits per heavy atom. The van der Waals surface area contributed by atoms with Gasteiger partial charge in [-0.2, -0.15) is 0 Å². The van der Waals surface area contributed by atoms with Crippen molar-refractivity contribution in [3.8, 4) is 5.75 Å². The van der Waals surface area contributed by atoms with Gasteiger partial charge in [-0.15, -0.1) is 0 Å². The van der Waals surface area contributed by atoms with E-state index in [1.165, 1.54) is 14.2 Å². The summed E-state index contributed by atoms with van der Waals surface area (Å²) < 4.78 is 9.87. The summed E-state index contributed by atoms with van der Waals surface area (Å²) in [5.74, 6) is -0.330. The molecule has 7 heteroatoms. The smallest absolute Gasteiger partial charge is 0.341 e. The molecule has 0 aliphatic carbocycles. The fourth-order valence-corrected chi connectivity index (χ4v) is 2.79. The van der Waals surface area contributed by atoms with Crippen LogP contribution >= 0.6 is 23.2 Å². The number of halogens is 2. The number of carbonyl (C=O) groups is 2. The second kappa shape index (κ2) is 8.74. The van der Waals surface area contributed by atoms with Gasteiger partial charge in [-0.05, 0) is 35.4 Å². The summed E-state index contributed by atoms with van der Waals surface area (Å²) in [7, 11) is 2.76. The van der Waals surface area contributed by atoms with Crippen LogP contribution in [0.15, 0.2) is 36.4 Å². The summed E-state index contributed by atoms with van der Waals surface area (Å²) in [6.07, 6.45) is 0.0680. The van der Waals surface area contributed by atoms with Crippen molar-refractivity contribution in [2.75, 3.05) is 14.2 Å². The number of ether oxygens (including phenoxy) is 2. The van der Waals surface area contributed by atoms with E-state index in [1.54, 1.807) is 36.4 Å². The zero-order valence-corrected chi connectivity index (χ0v) is 15.3. The molecule has 0 aliphatic rings. The lowest BCUT2D eigenvalue weighted by Gasteiger charge is -2.11. The van der Waals surface area contributed by atoms with Crippen LogP contribution in [0.5, 0.6) is 5.75 Å². The number of nitrogens with one attached hydrogen (secondary N) is 1. The van der Waals surface area contributed by atoms with Gasteiger partial charge >= 0.3 is 5.97 Å². The van der Waals surface area contributed by atoms with Crippen LogP contribution in [0.3, 0.4) is 0 Å². The molecule has 1 N–H and O–H groups in total. The Labute approximate surface area is 155 Å². The number of esters is 1. The third kappa shape index (κ3) is 4.87. The number of carbonyl (C=O) groups excluding carboxylic acids is 2. The van der Waals surface area contributed by atoms with E-state index >= 15 is 0 Å². The molecule has 0 aromatic heterocycles. The third-order valence-corrected chi connectivity index (χ3v) is 4.27. The Balaban J connectivity index is 2.06. The lowest BCUT2D eigenvalue weighted by Crippen LogP contribution is -2.25. The van der Waals surface area contributed by atoms with Gasteiger partial charge in [-0.25, -0.2) is 4.79 Å². The van der Waals surface area contributed by atoms with E-state index in [2.05, 4.69) is 5.32 Å². The predicted molar refractivity (Wildman–Crippen MR) is 96.3 cm³/mol. The van der Waals surface area contributed by atoms with Gasteiger partial charge in [-0.3, -0.25) is 4.79 Å². The minimum absolute atomic E-state index is 0.0680. The highest BCUT2D eigenvalue weighted by molar-refractivity contribution is 6.36. The predicted octanol–water partition coefficient (Wildman–Crippen LogP) is 3.65. The van der Waals surface area contributed by atoms with E-state index in [1.807, 2.05) is 0 Å². The Hall–Kier alpha value is -2.24. The van der Waals surface area contributed by atoms with Crippen LogP contribution in [0.4, 0.5) is 0 Å². The van der Waals surface area contributed by atoms with Crippen molar-refractivity contribution in [2.24, 2.45) is 0 Å². The van der Waals surface area contributed by atoms with E-state index in [0.29, 0.717) is 26.9 Å². The summed E-state index contributed by atoms with van der Waals surface area (Å²) in [6.45, 7) is 0.245. The van der Waals surface area contributed by atoms with E-state index < -0.39 is 5.97 Å². The number of benzene rings is 2. The average molecular weight is 382 g/mol. The molecule has 0 saturated carbocycles. The maximum absolute atomic E-state index is 12.1. The molecule has 1 amide bonds. The van der Waals surface area contributed by atoms with Crippen molar-refractivity contribution in [3.05, 3.63) is 63.1 Å². The summed E-state index contributed by atoms with van der Waals surface area (Å²) >= 11 is 12.1. The van der Waals surface area contributed by atoms with Gasteiger partial charge in [0.25, 0.3) is 0 Å². The normalized spacial score (nSPS) is 10.2. The first-order chi connectivity index (χ1) is 12.0.